The van der Waals surface area contributed by atoms with Crippen molar-refractivity contribution in [2.45, 2.75) is 45.6 Å². The molecule has 0 heterocycles. The molecule has 1 rings (SSSR count). The third-order valence-corrected chi connectivity index (χ3v) is 3.44. The van der Waals surface area contributed by atoms with E-state index >= 15 is 0 Å². The van der Waals surface area contributed by atoms with Gasteiger partial charge in [-0.3, -0.25) is 0 Å². The van der Waals surface area contributed by atoms with Gasteiger partial charge in [0.25, 0.3) is 0 Å². The molecule has 0 amide bonds. The van der Waals surface area contributed by atoms with E-state index in [2.05, 4.69) is 26.1 Å². The van der Waals surface area contributed by atoms with Crippen LogP contribution in [0.15, 0.2) is 37.4 Å². The summed E-state index contributed by atoms with van der Waals surface area (Å²) in [5.74, 6) is 2.11. The largest absolute Gasteiger partial charge is 0.496 e. The predicted octanol–water partition coefficient (Wildman–Crippen LogP) is 5.03. The first-order valence-corrected chi connectivity index (χ1v) is 6.96. The van der Waals surface area contributed by atoms with E-state index in [4.69, 9.17) is 9.47 Å². The van der Waals surface area contributed by atoms with E-state index in [-0.39, 0.29) is 0 Å². The molecule has 0 radical (unpaired) electrons. The van der Waals surface area contributed by atoms with E-state index in [9.17, 15) is 0 Å². The summed E-state index contributed by atoms with van der Waals surface area (Å²) in [5, 5.41) is 0. The van der Waals surface area contributed by atoms with Gasteiger partial charge in [-0.05, 0) is 56.9 Å². The summed E-state index contributed by atoms with van der Waals surface area (Å²) in [6.45, 7) is 15.8. The molecule has 0 spiro atoms. The molecule has 1 atom stereocenters. The minimum Gasteiger partial charge on any atom is -0.496 e. The van der Waals surface area contributed by atoms with Gasteiger partial charge in [0.15, 0.2) is 0 Å². The van der Waals surface area contributed by atoms with Crippen LogP contribution in [0.2, 0.25) is 0 Å². The molecule has 110 valence electrons. The van der Waals surface area contributed by atoms with Crippen molar-refractivity contribution in [2.24, 2.45) is 0 Å². The van der Waals surface area contributed by atoms with Crippen molar-refractivity contribution in [3.63, 3.8) is 0 Å². The molecule has 0 aliphatic rings. The molecule has 20 heavy (non-hydrogen) atoms. The lowest BCUT2D eigenvalue weighted by molar-refractivity contribution is 0.159. The zero-order valence-electron chi connectivity index (χ0n) is 13.3. The Kier molecular flexibility index (Phi) is 5.43. The van der Waals surface area contributed by atoms with Crippen LogP contribution in [0.3, 0.4) is 0 Å². The van der Waals surface area contributed by atoms with Crippen molar-refractivity contribution in [1.82, 2.24) is 0 Å². The van der Waals surface area contributed by atoms with Crippen LogP contribution in [-0.4, -0.2) is 12.7 Å². The van der Waals surface area contributed by atoms with Gasteiger partial charge in [0.1, 0.15) is 17.1 Å². The van der Waals surface area contributed by atoms with Crippen LogP contribution in [0.1, 0.15) is 44.2 Å². The molecule has 0 bridgehead atoms. The number of allylic oxidation sites excluding steroid dienone is 1. The van der Waals surface area contributed by atoms with E-state index in [0.717, 1.165) is 29.0 Å². The molecule has 0 saturated carbocycles. The first kappa shape index (κ1) is 16.4. The molecule has 0 saturated heterocycles. The zero-order valence-corrected chi connectivity index (χ0v) is 13.3. The van der Waals surface area contributed by atoms with Gasteiger partial charge in [0.2, 0.25) is 0 Å². The van der Waals surface area contributed by atoms with Gasteiger partial charge in [0, 0.05) is 5.56 Å². The van der Waals surface area contributed by atoms with Crippen LogP contribution in [-0.2, 0) is 0 Å². The highest BCUT2D eigenvalue weighted by Gasteiger charge is 2.20. The Balaban J connectivity index is 3.28. The Morgan fingerprint density at radius 1 is 1.25 bits per heavy atom. The third-order valence-electron chi connectivity index (χ3n) is 3.44. The maximum atomic E-state index is 6.12. The topological polar surface area (TPSA) is 18.5 Å². The average molecular weight is 274 g/mol. The Morgan fingerprint density at radius 2 is 1.90 bits per heavy atom. The summed E-state index contributed by atoms with van der Waals surface area (Å²) < 4.78 is 11.5. The van der Waals surface area contributed by atoms with Gasteiger partial charge in [-0.25, -0.2) is 0 Å². The normalized spacial score (nSPS) is 12.7. The molecular formula is C18H26O2. The second-order valence-electron chi connectivity index (χ2n) is 5.69. The number of ether oxygens (including phenoxy) is 2. The van der Waals surface area contributed by atoms with E-state index in [1.54, 1.807) is 7.11 Å². The molecule has 2 nitrogen and oxygen atoms in total. The SMILES string of the molecule is C=CCC(C)c1cc(OC)c(C)cc1OC(C)(C)C=C. The lowest BCUT2D eigenvalue weighted by Crippen LogP contribution is -2.25. The summed E-state index contributed by atoms with van der Waals surface area (Å²) in [6, 6.07) is 4.11. The minimum atomic E-state index is -0.399. The molecule has 1 unspecified atom stereocenters. The van der Waals surface area contributed by atoms with Gasteiger partial charge in [-0.1, -0.05) is 19.6 Å². The highest BCUT2D eigenvalue weighted by atomic mass is 16.5. The van der Waals surface area contributed by atoms with Gasteiger partial charge >= 0.3 is 0 Å². The van der Waals surface area contributed by atoms with Gasteiger partial charge in [0.05, 0.1) is 7.11 Å². The molecule has 0 N–H and O–H groups in total. The Morgan fingerprint density at radius 3 is 2.40 bits per heavy atom. The molecule has 0 aromatic heterocycles. The molecule has 0 fully saturated rings. The maximum absolute atomic E-state index is 6.12. The average Bonchev–Trinajstić information content (AvgIpc) is 2.38. The second-order valence-corrected chi connectivity index (χ2v) is 5.69. The molecule has 0 aliphatic heterocycles. The molecular weight excluding hydrogens is 248 g/mol. The van der Waals surface area contributed by atoms with E-state index in [1.165, 1.54) is 0 Å². The standard InChI is InChI=1S/C18H26O2/c1-8-10-13(3)15-12-16(19-7)14(4)11-17(15)20-18(5,6)9-2/h8-9,11-13H,1-2,10H2,3-7H3. The van der Waals surface area contributed by atoms with Crippen molar-refractivity contribution in [2.75, 3.05) is 7.11 Å². The Labute approximate surface area is 123 Å². The van der Waals surface area contributed by atoms with Crippen molar-refractivity contribution in [3.8, 4) is 11.5 Å². The summed E-state index contributed by atoms with van der Waals surface area (Å²) in [6.07, 6.45) is 4.64. The van der Waals surface area contributed by atoms with Crippen LogP contribution < -0.4 is 9.47 Å². The second kappa shape index (κ2) is 6.65. The monoisotopic (exact) mass is 274 g/mol. The Hall–Kier alpha value is -1.70. The fourth-order valence-corrected chi connectivity index (χ4v) is 2.07. The summed E-state index contributed by atoms with van der Waals surface area (Å²) >= 11 is 0. The number of aryl methyl sites for hydroxylation is 1. The van der Waals surface area contributed by atoms with Crippen LogP contribution in [0.25, 0.3) is 0 Å². The quantitative estimate of drug-likeness (QED) is 0.649. The highest BCUT2D eigenvalue weighted by Crippen LogP contribution is 2.36. The first-order valence-electron chi connectivity index (χ1n) is 6.96. The van der Waals surface area contributed by atoms with E-state index in [0.29, 0.717) is 5.92 Å². The zero-order chi connectivity index (χ0) is 15.3. The van der Waals surface area contributed by atoms with Gasteiger partial charge in [-0.15, -0.1) is 6.58 Å². The number of methoxy groups -OCH3 is 1. The predicted molar refractivity (Wildman–Crippen MR) is 85.9 cm³/mol. The summed E-state index contributed by atoms with van der Waals surface area (Å²) in [4.78, 5) is 0. The minimum absolute atomic E-state index is 0.331. The summed E-state index contributed by atoms with van der Waals surface area (Å²) in [5.41, 5.74) is 1.81. The molecule has 1 aromatic rings. The van der Waals surface area contributed by atoms with Crippen molar-refractivity contribution in [1.29, 1.82) is 0 Å². The third kappa shape index (κ3) is 3.89. The van der Waals surface area contributed by atoms with Crippen LogP contribution >= 0.6 is 0 Å². The highest BCUT2D eigenvalue weighted by molar-refractivity contribution is 5.48. The fraction of sp³-hybridized carbons (Fsp3) is 0.444. The van der Waals surface area contributed by atoms with E-state index in [1.807, 2.05) is 39.0 Å². The van der Waals surface area contributed by atoms with Crippen molar-refractivity contribution in [3.05, 3.63) is 48.6 Å². The Bertz CT molecular complexity index is 486. The maximum Gasteiger partial charge on any atom is 0.124 e. The number of rotatable bonds is 7. The van der Waals surface area contributed by atoms with E-state index < -0.39 is 5.60 Å². The molecule has 2 heteroatoms. The lowest BCUT2D eigenvalue weighted by atomic mass is 9.95. The van der Waals surface area contributed by atoms with Gasteiger partial charge in [-0.2, -0.15) is 0 Å². The van der Waals surface area contributed by atoms with Crippen LogP contribution in [0.4, 0.5) is 0 Å². The van der Waals surface area contributed by atoms with Gasteiger partial charge < -0.3 is 9.47 Å². The first-order chi connectivity index (χ1) is 9.34. The molecule has 1 aromatic carbocycles. The number of hydrogen-bond donors (Lipinski definition) is 0. The summed E-state index contributed by atoms with van der Waals surface area (Å²) in [7, 11) is 1.69. The van der Waals surface area contributed by atoms with Crippen LogP contribution in [0.5, 0.6) is 11.5 Å². The number of benzene rings is 1. The number of hydrogen-bond acceptors (Lipinski definition) is 2. The van der Waals surface area contributed by atoms with Crippen molar-refractivity contribution >= 4 is 0 Å². The molecule has 0 aliphatic carbocycles. The smallest absolute Gasteiger partial charge is 0.124 e. The lowest BCUT2D eigenvalue weighted by Gasteiger charge is -2.26. The van der Waals surface area contributed by atoms with Crippen molar-refractivity contribution < 1.29 is 9.47 Å². The van der Waals surface area contributed by atoms with Crippen LogP contribution in [0, 0.1) is 6.92 Å². The fourth-order valence-electron chi connectivity index (χ4n) is 2.07.